The van der Waals surface area contributed by atoms with E-state index in [1.54, 1.807) is 14.2 Å². The summed E-state index contributed by atoms with van der Waals surface area (Å²) in [4.78, 5) is 0. The number of rotatable bonds is 8. The zero-order valence-electron chi connectivity index (χ0n) is 11.7. The second kappa shape index (κ2) is 8.11. The molecule has 0 radical (unpaired) electrons. The predicted octanol–water partition coefficient (Wildman–Crippen LogP) is 3.31. The average Bonchev–Trinajstić information content (AvgIpc) is 2.41. The highest BCUT2D eigenvalue weighted by Gasteiger charge is 2.26. The monoisotopic (exact) mass is 291 g/mol. The first-order valence-corrected chi connectivity index (χ1v) is 6.42. The fourth-order valence-corrected chi connectivity index (χ4v) is 1.78. The summed E-state index contributed by atoms with van der Waals surface area (Å²) in [7, 11) is 3.37. The molecule has 0 saturated carbocycles. The Morgan fingerprint density at radius 3 is 2.65 bits per heavy atom. The number of hydrogen-bond acceptors (Lipinski definition) is 3. The Hall–Kier alpha value is -1.27. The second-order valence-corrected chi connectivity index (χ2v) is 4.41. The van der Waals surface area contributed by atoms with Gasteiger partial charge in [-0.1, -0.05) is 12.1 Å². The molecule has 0 aliphatic rings. The summed E-state index contributed by atoms with van der Waals surface area (Å²) in [6.45, 7) is 0.420. The molecule has 0 aliphatic carbocycles. The summed E-state index contributed by atoms with van der Waals surface area (Å²) in [5.74, 6) is 0.736. The lowest BCUT2D eigenvalue weighted by atomic mass is 10.1. The standard InChI is InChI=1S/C14H20F3NO2/c1-18-13(10-20-8-4-7-14(15,16)17)11-5-3-6-12(9-11)19-2/h3,5-6,9,13,18H,4,7-8,10H2,1-2H3. The van der Waals surface area contributed by atoms with E-state index in [0.717, 1.165) is 11.3 Å². The summed E-state index contributed by atoms with van der Waals surface area (Å²) in [6, 6.07) is 7.42. The van der Waals surface area contributed by atoms with E-state index in [4.69, 9.17) is 9.47 Å². The summed E-state index contributed by atoms with van der Waals surface area (Å²) < 4.78 is 46.4. The molecular weight excluding hydrogens is 271 g/mol. The molecule has 1 atom stereocenters. The third kappa shape index (κ3) is 6.25. The van der Waals surface area contributed by atoms with E-state index in [2.05, 4.69) is 5.32 Å². The Labute approximate surface area is 117 Å². The van der Waals surface area contributed by atoms with Gasteiger partial charge in [-0.3, -0.25) is 0 Å². The summed E-state index contributed by atoms with van der Waals surface area (Å²) in [5, 5.41) is 3.07. The lowest BCUT2D eigenvalue weighted by molar-refractivity contribution is -0.138. The maximum atomic E-state index is 12.0. The van der Waals surface area contributed by atoms with E-state index in [9.17, 15) is 13.2 Å². The minimum Gasteiger partial charge on any atom is -0.497 e. The smallest absolute Gasteiger partial charge is 0.389 e. The van der Waals surface area contributed by atoms with E-state index < -0.39 is 12.6 Å². The Morgan fingerprint density at radius 1 is 1.30 bits per heavy atom. The van der Waals surface area contributed by atoms with E-state index in [-0.39, 0.29) is 19.1 Å². The van der Waals surface area contributed by atoms with Crippen LogP contribution in [0.4, 0.5) is 13.2 Å². The lowest BCUT2D eigenvalue weighted by Crippen LogP contribution is -2.22. The van der Waals surface area contributed by atoms with Gasteiger partial charge in [0.05, 0.1) is 19.8 Å². The Bertz CT molecular complexity index is 396. The van der Waals surface area contributed by atoms with Crippen molar-refractivity contribution in [2.45, 2.75) is 25.1 Å². The number of halogens is 3. The fraction of sp³-hybridized carbons (Fsp3) is 0.571. The Kier molecular flexibility index (Phi) is 6.81. The van der Waals surface area contributed by atoms with Crippen molar-refractivity contribution in [3.63, 3.8) is 0 Å². The topological polar surface area (TPSA) is 30.5 Å². The maximum absolute atomic E-state index is 12.0. The molecule has 0 spiro atoms. The van der Waals surface area contributed by atoms with Crippen LogP contribution in [0.3, 0.4) is 0 Å². The minimum atomic E-state index is -4.11. The second-order valence-electron chi connectivity index (χ2n) is 4.41. The molecule has 1 aromatic carbocycles. The molecule has 114 valence electrons. The highest BCUT2D eigenvalue weighted by molar-refractivity contribution is 5.30. The molecule has 1 N–H and O–H groups in total. The number of likely N-dealkylation sites (N-methyl/N-ethyl adjacent to an activating group) is 1. The number of ether oxygens (including phenoxy) is 2. The van der Waals surface area contributed by atoms with Crippen LogP contribution in [0.5, 0.6) is 5.75 Å². The average molecular weight is 291 g/mol. The molecule has 20 heavy (non-hydrogen) atoms. The van der Waals surface area contributed by atoms with E-state index in [1.165, 1.54) is 0 Å². The van der Waals surface area contributed by atoms with Gasteiger partial charge in [0.2, 0.25) is 0 Å². The Balaban J connectivity index is 2.39. The first-order chi connectivity index (χ1) is 9.46. The zero-order chi connectivity index (χ0) is 15.0. The summed E-state index contributed by atoms with van der Waals surface area (Å²) >= 11 is 0. The van der Waals surface area contributed by atoms with Gasteiger partial charge in [0.1, 0.15) is 5.75 Å². The molecule has 0 aliphatic heterocycles. The molecule has 6 heteroatoms. The molecule has 0 aromatic heterocycles. The highest BCUT2D eigenvalue weighted by atomic mass is 19.4. The first-order valence-electron chi connectivity index (χ1n) is 6.42. The number of hydrogen-bond donors (Lipinski definition) is 1. The molecular formula is C14H20F3NO2. The van der Waals surface area contributed by atoms with E-state index in [0.29, 0.717) is 6.61 Å². The Morgan fingerprint density at radius 2 is 2.05 bits per heavy atom. The molecule has 0 amide bonds. The third-order valence-corrected chi connectivity index (χ3v) is 2.88. The van der Waals surface area contributed by atoms with Crippen LogP contribution in [-0.2, 0) is 4.74 Å². The van der Waals surface area contributed by atoms with Crippen LogP contribution in [0.15, 0.2) is 24.3 Å². The van der Waals surface area contributed by atoms with Gasteiger partial charge in [-0.05, 0) is 31.2 Å². The zero-order valence-corrected chi connectivity index (χ0v) is 11.7. The fourth-order valence-electron chi connectivity index (χ4n) is 1.78. The number of alkyl halides is 3. The lowest BCUT2D eigenvalue weighted by Gasteiger charge is -2.17. The van der Waals surface area contributed by atoms with Gasteiger partial charge in [0, 0.05) is 13.0 Å². The van der Waals surface area contributed by atoms with Crippen molar-refractivity contribution >= 4 is 0 Å². The van der Waals surface area contributed by atoms with Crippen LogP contribution in [-0.4, -0.2) is 33.5 Å². The normalized spacial score (nSPS) is 13.2. The molecule has 0 fully saturated rings. The van der Waals surface area contributed by atoms with Crippen molar-refractivity contribution in [3.8, 4) is 5.75 Å². The largest absolute Gasteiger partial charge is 0.497 e. The SMILES string of the molecule is CNC(COCCCC(F)(F)F)c1cccc(OC)c1. The van der Waals surface area contributed by atoms with Gasteiger partial charge in [-0.2, -0.15) is 13.2 Å². The van der Waals surface area contributed by atoms with Crippen LogP contribution >= 0.6 is 0 Å². The number of benzene rings is 1. The van der Waals surface area contributed by atoms with Crippen molar-refractivity contribution in [1.29, 1.82) is 0 Å². The van der Waals surface area contributed by atoms with Crippen molar-refractivity contribution in [2.24, 2.45) is 0 Å². The summed E-state index contributed by atoms with van der Waals surface area (Å²) in [6.07, 6.45) is -4.94. The van der Waals surface area contributed by atoms with Gasteiger partial charge in [-0.15, -0.1) is 0 Å². The molecule has 0 heterocycles. The van der Waals surface area contributed by atoms with Crippen molar-refractivity contribution in [3.05, 3.63) is 29.8 Å². The molecule has 3 nitrogen and oxygen atoms in total. The van der Waals surface area contributed by atoms with Crippen molar-refractivity contribution in [2.75, 3.05) is 27.4 Å². The molecule has 1 aromatic rings. The molecule has 0 saturated heterocycles. The minimum absolute atomic E-state index is 0.0158. The molecule has 1 rings (SSSR count). The third-order valence-electron chi connectivity index (χ3n) is 2.88. The van der Waals surface area contributed by atoms with Crippen molar-refractivity contribution in [1.82, 2.24) is 5.32 Å². The van der Waals surface area contributed by atoms with E-state index >= 15 is 0 Å². The highest BCUT2D eigenvalue weighted by Crippen LogP contribution is 2.22. The van der Waals surface area contributed by atoms with Crippen LogP contribution in [0.25, 0.3) is 0 Å². The van der Waals surface area contributed by atoms with Crippen LogP contribution in [0, 0.1) is 0 Å². The number of methoxy groups -OCH3 is 1. The van der Waals surface area contributed by atoms with Gasteiger partial charge in [-0.25, -0.2) is 0 Å². The van der Waals surface area contributed by atoms with Crippen LogP contribution in [0.1, 0.15) is 24.4 Å². The molecule has 0 bridgehead atoms. The predicted molar refractivity (Wildman–Crippen MR) is 70.9 cm³/mol. The number of nitrogens with one attached hydrogen (secondary N) is 1. The van der Waals surface area contributed by atoms with Crippen LogP contribution in [0.2, 0.25) is 0 Å². The van der Waals surface area contributed by atoms with Gasteiger partial charge >= 0.3 is 6.18 Å². The molecule has 1 unspecified atom stereocenters. The quantitative estimate of drug-likeness (QED) is 0.745. The van der Waals surface area contributed by atoms with E-state index in [1.807, 2.05) is 24.3 Å². The first kappa shape index (κ1) is 16.8. The van der Waals surface area contributed by atoms with Gasteiger partial charge in [0.15, 0.2) is 0 Å². The van der Waals surface area contributed by atoms with Gasteiger partial charge in [0.25, 0.3) is 0 Å². The van der Waals surface area contributed by atoms with Crippen molar-refractivity contribution < 1.29 is 22.6 Å². The van der Waals surface area contributed by atoms with Crippen LogP contribution < -0.4 is 10.1 Å². The maximum Gasteiger partial charge on any atom is 0.389 e. The summed E-state index contributed by atoms with van der Waals surface area (Å²) in [5.41, 5.74) is 0.975. The van der Waals surface area contributed by atoms with Gasteiger partial charge < -0.3 is 14.8 Å².